The maximum Gasteiger partial charge on any atom is 0.275 e. The Morgan fingerprint density at radius 1 is 1.09 bits per heavy atom. The van der Waals surface area contributed by atoms with Crippen LogP contribution in [0, 0.1) is 5.92 Å². The number of hydrogen-bond acceptors (Lipinski definition) is 6. The molecule has 5 rings (SSSR count). The van der Waals surface area contributed by atoms with Crippen LogP contribution in [-0.2, 0) is 32.7 Å². The van der Waals surface area contributed by atoms with Gasteiger partial charge in [0.05, 0.1) is 11.8 Å². The molecule has 2 amide bonds. The Morgan fingerprint density at radius 2 is 1.73 bits per heavy atom. The number of nitrogens with two attached hydrogens (primary N) is 1. The molecule has 0 radical (unpaired) electrons. The maximum absolute atomic E-state index is 12.8. The molecule has 0 aliphatic carbocycles. The first-order valence-corrected chi connectivity index (χ1v) is 12.2. The summed E-state index contributed by atoms with van der Waals surface area (Å²) in [6.07, 6.45) is 1.51. The number of aromatic nitrogens is 1. The summed E-state index contributed by atoms with van der Waals surface area (Å²) >= 11 is 0. The first-order valence-electron chi connectivity index (χ1n) is 10.3. The van der Waals surface area contributed by atoms with Crippen molar-refractivity contribution in [2.45, 2.75) is 13.0 Å². The van der Waals surface area contributed by atoms with E-state index in [4.69, 9.17) is 10.3 Å². The first kappa shape index (κ1) is 22.7. The Kier molecular flexibility index (Phi) is 6.07. The molecule has 2 aromatic carbocycles. The lowest BCUT2D eigenvalue weighted by Crippen LogP contribution is -2.24. The molecule has 33 heavy (non-hydrogen) atoms. The second-order valence-electron chi connectivity index (χ2n) is 8.01. The third-order valence-electron chi connectivity index (χ3n) is 5.56. The average Bonchev–Trinajstić information content (AvgIpc) is 3.38. The van der Waals surface area contributed by atoms with Crippen LogP contribution in [0.5, 0.6) is 0 Å². The minimum Gasteiger partial charge on any atom is -0.350 e. The standard InChI is InChI=1S/C22H20N4O2.CH4O3S/c23-11-13-10-17-18(15-8-4-5-9-16(15)26(17)12-13)19-20(22(28)25-21(19)27)24-14-6-2-1-3-7-14;1-5(2,3)4/h1-9,13H,10-12,23H2,(H2,24,25,27,28);1H3,(H,2,3,4)/t13-;/m1./s1. The summed E-state index contributed by atoms with van der Waals surface area (Å²) in [4.78, 5) is 25.4. The number of carbonyl (C=O) groups is 2. The number of hydrogen-bond donors (Lipinski definition) is 4. The highest BCUT2D eigenvalue weighted by molar-refractivity contribution is 7.85. The van der Waals surface area contributed by atoms with Crippen LogP contribution >= 0.6 is 0 Å². The number of fused-ring (bicyclic) bond motifs is 3. The van der Waals surface area contributed by atoms with Crippen molar-refractivity contribution < 1.29 is 22.6 Å². The zero-order chi connectivity index (χ0) is 23.8. The van der Waals surface area contributed by atoms with E-state index in [-0.39, 0.29) is 5.91 Å². The number of nitrogens with zero attached hydrogens (tertiary/aromatic N) is 1. The van der Waals surface area contributed by atoms with Crippen LogP contribution in [-0.4, -0.2) is 42.2 Å². The van der Waals surface area contributed by atoms with Crippen LogP contribution < -0.4 is 16.4 Å². The van der Waals surface area contributed by atoms with Gasteiger partial charge in [-0.3, -0.25) is 19.5 Å². The lowest BCUT2D eigenvalue weighted by atomic mass is 9.96. The Balaban J connectivity index is 0.000000471. The van der Waals surface area contributed by atoms with E-state index in [1.165, 1.54) is 0 Å². The molecule has 0 bridgehead atoms. The van der Waals surface area contributed by atoms with Gasteiger partial charge in [0.1, 0.15) is 5.70 Å². The van der Waals surface area contributed by atoms with Crippen molar-refractivity contribution in [3.05, 3.63) is 71.6 Å². The van der Waals surface area contributed by atoms with Crippen molar-refractivity contribution in [1.29, 1.82) is 0 Å². The number of amides is 2. The second kappa shape index (κ2) is 8.81. The van der Waals surface area contributed by atoms with Gasteiger partial charge >= 0.3 is 0 Å². The molecule has 5 N–H and O–H groups in total. The smallest absolute Gasteiger partial charge is 0.275 e. The number of carbonyl (C=O) groups excluding carboxylic acids is 2. The molecule has 2 aliphatic heterocycles. The largest absolute Gasteiger partial charge is 0.350 e. The molecular weight excluding hydrogens is 444 g/mol. The van der Waals surface area contributed by atoms with Gasteiger partial charge in [-0.15, -0.1) is 0 Å². The van der Waals surface area contributed by atoms with E-state index in [1.807, 2.05) is 48.5 Å². The van der Waals surface area contributed by atoms with E-state index in [0.717, 1.165) is 40.8 Å². The van der Waals surface area contributed by atoms with Crippen LogP contribution in [0.2, 0.25) is 0 Å². The quantitative estimate of drug-likeness (QED) is 0.337. The Bertz CT molecular complexity index is 1370. The number of rotatable bonds is 4. The Hall–Kier alpha value is -3.47. The van der Waals surface area contributed by atoms with Crippen molar-refractivity contribution >= 4 is 44.1 Å². The van der Waals surface area contributed by atoms with Crippen LogP contribution in [0.25, 0.3) is 16.5 Å². The van der Waals surface area contributed by atoms with Crippen molar-refractivity contribution in [1.82, 2.24) is 9.88 Å². The molecule has 0 saturated heterocycles. The third-order valence-corrected chi connectivity index (χ3v) is 5.56. The van der Waals surface area contributed by atoms with E-state index in [1.54, 1.807) is 0 Å². The molecule has 10 heteroatoms. The van der Waals surface area contributed by atoms with Gasteiger partial charge < -0.3 is 15.6 Å². The van der Waals surface area contributed by atoms with Crippen molar-refractivity contribution in [2.24, 2.45) is 11.7 Å². The van der Waals surface area contributed by atoms with E-state index >= 15 is 0 Å². The topological polar surface area (TPSA) is 144 Å². The van der Waals surface area contributed by atoms with Gasteiger partial charge in [0.25, 0.3) is 21.9 Å². The first-order chi connectivity index (χ1) is 15.7. The normalized spacial score (nSPS) is 17.6. The maximum atomic E-state index is 12.8. The Labute approximate surface area is 191 Å². The van der Waals surface area contributed by atoms with E-state index in [9.17, 15) is 18.0 Å². The Morgan fingerprint density at radius 3 is 2.39 bits per heavy atom. The SMILES string of the molecule is CS(=O)(=O)O.NC[C@H]1Cc2c(C3=C(Nc4ccccc4)C(=O)NC3=O)c3ccccc3n2C1. The number of anilines is 1. The molecular formula is C23H24N4O5S. The summed E-state index contributed by atoms with van der Waals surface area (Å²) in [5.41, 5.74) is 10.4. The highest BCUT2D eigenvalue weighted by Crippen LogP contribution is 2.39. The average molecular weight is 469 g/mol. The minimum atomic E-state index is -3.67. The zero-order valence-corrected chi connectivity index (χ0v) is 18.7. The van der Waals surface area contributed by atoms with Crippen molar-refractivity contribution in [2.75, 3.05) is 18.1 Å². The molecule has 3 aromatic rings. The van der Waals surface area contributed by atoms with Crippen LogP contribution in [0.15, 0.2) is 60.3 Å². The van der Waals surface area contributed by atoms with Crippen LogP contribution in [0.4, 0.5) is 5.69 Å². The minimum absolute atomic E-state index is 0.298. The van der Waals surface area contributed by atoms with Gasteiger partial charge in [-0.05, 0) is 37.1 Å². The molecule has 0 spiro atoms. The predicted octanol–water partition coefficient (Wildman–Crippen LogP) is 1.76. The number of benzene rings is 2. The van der Waals surface area contributed by atoms with Gasteiger partial charge in [-0.2, -0.15) is 8.42 Å². The van der Waals surface area contributed by atoms with Crippen molar-refractivity contribution in [3.63, 3.8) is 0 Å². The molecule has 0 saturated carbocycles. The van der Waals surface area contributed by atoms with Gasteiger partial charge in [0, 0.05) is 34.4 Å². The lowest BCUT2D eigenvalue weighted by Gasteiger charge is -2.09. The highest BCUT2D eigenvalue weighted by atomic mass is 32.2. The molecule has 172 valence electrons. The lowest BCUT2D eigenvalue weighted by molar-refractivity contribution is -0.123. The van der Waals surface area contributed by atoms with Gasteiger partial charge in [0.2, 0.25) is 0 Å². The zero-order valence-electron chi connectivity index (χ0n) is 17.9. The monoisotopic (exact) mass is 468 g/mol. The summed E-state index contributed by atoms with van der Waals surface area (Å²) in [6.45, 7) is 1.42. The van der Waals surface area contributed by atoms with Crippen LogP contribution in [0.1, 0.15) is 11.3 Å². The molecule has 1 atom stereocenters. The van der Waals surface area contributed by atoms with E-state index < -0.39 is 16.0 Å². The van der Waals surface area contributed by atoms with Crippen LogP contribution in [0.3, 0.4) is 0 Å². The highest BCUT2D eigenvalue weighted by Gasteiger charge is 2.37. The molecule has 3 heterocycles. The number of nitrogens with one attached hydrogen (secondary N) is 2. The summed E-state index contributed by atoms with van der Waals surface area (Å²) in [5.74, 6) is -0.426. The predicted molar refractivity (Wildman–Crippen MR) is 126 cm³/mol. The van der Waals surface area contributed by atoms with Gasteiger partial charge in [-0.25, -0.2) is 0 Å². The third kappa shape index (κ3) is 4.68. The summed E-state index contributed by atoms with van der Waals surface area (Å²) < 4.78 is 28.1. The molecule has 0 fully saturated rings. The van der Waals surface area contributed by atoms with E-state index in [0.29, 0.717) is 30.0 Å². The summed E-state index contributed by atoms with van der Waals surface area (Å²) in [7, 11) is -3.67. The number of para-hydroxylation sites is 2. The second-order valence-corrected chi connectivity index (χ2v) is 9.48. The van der Waals surface area contributed by atoms with E-state index in [2.05, 4.69) is 21.3 Å². The summed E-state index contributed by atoms with van der Waals surface area (Å²) in [5, 5.41) is 6.60. The molecule has 0 unspecified atom stereocenters. The van der Waals surface area contributed by atoms with Gasteiger partial charge in [-0.1, -0.05) is 36.4 Å². The summed E-state index contributed by atoms with van der Waals surface area (Å²) in [6, 6.07) is 17.4. The molecule has 9 nitrogen and oxygen atoms in total. The molecule has 1 aromatic heterocycles. The number of imide groups is 1. The fraction of sp³-hybridized carbons (Fsp3) is 0.217. The fourth-order valence-electron chi connectivity index (χ4n) is 4.29. The molecule has 2 aliphatic rings. The van der Waals surface area contributed by atoms with Crippen molar-refractivity contribution in [3.8, 4) is 0 Å². The fourth-order valence-corrected chi connectivity index (χ4v) is 4.29. The van der Waals surface area contributed by atoms with Gasteiger partial charge in [0.15, 0.2) is 0 Å².